The largest absolute Gasteiger partial charge is 0.460 e. The van der Waals surface area contributed by atoms with Crippen LogP contribution in [-0.4, -0.2) is 33.0 Å². The maximum atomic E-state index is 12.9. The molecule has 1 saturated carbocycles. The Morgan fingerprint density at radius 3 is 2.54 bits per heavy atom. The third kappa shape index (κ3) is 4.51. The molecule has 0 atom stereocenters. The number of ether oxygens (including phenoxy) is 1. The van der Waals surface area contributed by atoms with Crippen molar-refractivity contribution in [2.24, 2.45) is 0 Å². The first kappa shape index (κ1) is 18.5. The smallest absolute Gasteiger partial charge is 0.316 e. The molecular formula is C20H19FN4O2S. The minimum Gasteiger partial charge on any atom is -0.460 e. The molecule has 0 bridgehead atoms. The van der Waals surface area contributed by atoms with Crippen molar-refractivity contribution < 1.29 is 13.9 Å². The highest BCUT2D eigenvalue weighted by Crippen LogP contribution is 2.25. The summed E-state index contributed by atoms with van der Waals surface area (Å²) in [6, 6.07) is 10.1. The quantitative estimate of drug-likeness (QED) is 0.706. The summed E-state index contributed by atoms with van der Waals surface area (Å²) in [7, 11) is 0. The fourth-order valence-electron chi connectivity index (χ4n) is 3.19. The van der Waals surface area contributed by atoms with Crippen molar-refractivity contribution in [3.8, 4) is 16.6 Å². The van der Waals surface area contributed by atoms with E-state index < -0.39 is 5.82 Å². The van der Waals surface area contributed by atoms with Gasteiger partial charge in [-0.2, -0.15) is 0 Å². The van der Waals surface area contributed by atoms with E-state index in [1.807, 2.05) is 30.3 Å². The van der Waals surface area contributed by atoms with Gasteiger partial charge in [0.25, 0.3) is 5.91 Å². The monoisotopic (exact) mass is 398 g/mol. The van der Waals surface area contributed by atoms with Crippen LogP contribution in [0.25, 0.3) is 10.6 Å². The summed E-state index contributed by atoms with van der Waals surface area (Å²) in [5.41, 5.74) is 1.45. The number of amides is 1. The van der Waals surface area contributed by atoms with Gasteiger partial charge in [-0.3, -0.25) is 4.79 Å². The van der Waals surface area contributed by atoms with Gasteiger partial charge in [0.15, 0.2) is 5.82 Å². The fraction of sp³-hybridized carbons (Fsp3) is 0.300. The van der Waals surface area contributed by atoms with Gasteiger partial charge >= 0.3 is 6.01 Å². The summed E-state index contributed by atoms with van der Waals surface area (Å²) >= 11 is 1.46. The Bertz CT molecular complexity index is 925. The molecule has 1 fully saturated rings. The Labute approximate surface area is 165 Å². The van der Waals surface area contributed by atoms with E-state index in [9.17, 15) is 9.18 Å². The highest BCUT2D eigenvalue weighted by Gasteiger charge is 2.25. The number of aromatic nitrogens is 3. The number of carbonyl (C=O) groups excluding carboxylic acids is 1. The molecular weight excluding hydrogens is 379 g/mol. The van der Waals surface area contributed by atoms with Gasteiger partial charge in [-0.05, 0) is 25.7 Å². The van der Waals surface area contributed by atoms with Crippen molar-refractivity contribution in [2.75, 3.05) is 0 Å². The average Bonchev–Trinajstić information content (AvgIpc) is 3.22. The number of carbonyl (C=O) groups is 1. The zero-order valence-corrected chi connectivity index (χ0v) is 15.9. The van der Waals surface area contributed by atoms with Crippen molar-refractivity contribution in [3.63, 3.8) is 0 Å². The highest BCUT2D eigenvalue weighted by molar-refractivity contribution is 7.13. The third-order valence-corrected chi connectivity index (χ3v) is 5.53. The van der Waals surface area contributed by atoms with Crippen LogP contribution < -0.4 is 10.1 Å². The number of benzene rings is 1. The lowest BCUT2D eigenvalue weighted by atomic mass is 9.93. The Morgan fingerprint density at radius 2 is 1.82 bits per heavy atom. The summed E-state index contributed by atoms with van der Waals surface area (Å²) < 4.78 is 18.5. The van der Waals surface area contributed by atoms with Crippen LogP contribution in [0.4, 0.5) is 4.39 Å². The molecule has 0 saturated heterocycles. The summed E-state index contributed by atoms with van der Waals surface area (Å²) in [5.74, 6) is -0.638. The number of halogens is 1. The maximum absolute atomic E-state index is 12.9. The minimum absolute atomic E-state index is 0.0254. The number of thiazole rings is 1. The van der Waals surface area contributed by atoms with E-state index in [0.29, 0.717) is 5.69 Å². The summed E-state index contributed by atoms with van der Waals surface area (Å²) in [5, 5.41) is 5.69. The van der Waals surface area contributed by atoms with Crippen molar-refractivity contribution in [1.82, 2.24) is 20.3 Å². The van der Waals surface area contributed by atoms with Crippen molar-refractivity contribution >= 4 is 17.2 Å². The molecule has 6 nitrogen and oxygen atoms in total. The van der Waals surface area contributed by atoms with Crippen molar-refractivity contribution in [3.05, 3.63) is 59.6 Å². The Hall–Kier alpha value is -2.87. The Kier molecular flexibility index (Phi) is 5.57. The van der Waals surface area contributed by atoms with Gasteiger partial charge in [0.05, 0.1) is 12.4 Å². The van der Waals surface area contributed by atoms with E-state index in [1.165, 1.54) is 11.3 Å². The highest BCUT2D eigenvalue weighted by atomic mass is 32.1. The van der Waals surface area contributed by atoms with Crippen LogP contribution in [0.15, 0.2) is 48.1 Å². The molecule has 28 heavy (non-hydrogen) atoms. The maximum Gasteiger partial charge on any atom is 0.316 e. The second kappa shape index (κ2) is 8.43. The zero-order chi connectivity index (χ0) is 19.3. The van der Waals surface area contributed by atoms with Gasteiger partial charge in [-0.1, -0.05) is 30.3 Å². The van der Waals surface area contributed by atoms with E-state index in [-0.39, 0.29) is 24.1 Å². The zero-order valence-electron chi connectivity index (χ0n) is 15.0. The lowest BCUT2D eigenvalue weighted by molar-refractivity contribution is 0.0881. The standard InChI is InChI=1S/C20H19FN4O2S/c21-14-10-22-20(23-11-14)27-16-8-6-15(7-9-16)24-18(26)17-12-28-19(25-17)13-4-2-1-3-5-13/h1-5,10-12,15-16H,6-9H2,(H,24,26). The lowest BCUT2D eigenvalue weighted by Crippen LogP contribution is -2.39. The first-order valence-corrected chi connectivity index (χ1v) is 10.0. The van der Waals surface area contributed by atoms with Gasteiger partial charge in [0.2, 0.25) is 0 Å². The van der Waals surface area contributed by atoms with E-state index in [4.69, 9.17) is 4.74 Å². The number of rotatable bonds is 5. The van der Waals surface area contributed by atoms with E-state index in [0.717, 1.165) is 48.6 Å². The second-order valence-corrected chi connectivity index (χ2v) is 7.51. The van der Waals surface area contributed by atoms with Gasteiger partial charge in [-0.15, -0.1) is 11.3 Å². The predicted molar refractivity (Wildman–Crippen MR) is 104 cm³/mol. The predicted octanol–water partition coefficient (Wildman–Crippen LogP) is 3.86. The molecule has 0 radical (unpaired) electrons. The summed E-state index contributed by atoms with van der Waals surface area (Å²) in [6.45, 7) is 0. The number of hydrogen-bond donors (Lipinski definition) is 1. The molecule has 0 aliphatic heterocycles. The molecule has 2 aromatic heterocycles. The van der Waals surface area contributed by atoms with Crippen LogP contribution in [0.5, 0.6) is 6.01 Å². The topological polar surface area (TPSA) is 77.0 Å². The molecule has 1 N–H and O–H groups in total. The normalized spacial score (nSPS) is 19.2. The lowest BCUT2D eigenvalue weighted by Gasteiger charge is -2.28. The van der Waals surface area contributed by atoms with Gasteiger partial charge in [-0.25, -0.2) is 19.3 Å². The van der Waals surface area contributed by atoms with Crippen LogP contribution >= 0.6 is 11.3 Å². The van der Waals surface area contributed by atoms with E-state index in [2.05, 4.69) is 20.3 Å². The average molecular weight is 398 g/mol. The summed E-state index contributed by atoms with van der Waals surface area (Å²) in [4.78, 5) is 24.6. The molecule has 8 heteroatoms. The minimum atomic E-state index is -0.490. The van der Waals surface area contributed by atoms with Crippen LogP contribution in [0.1, 0.15) is 36.2 Å². The number of nitrogens with one attached hydrogen (secondary N) is 1. The van der Waals surface area contributed by atoms with Crippen LogP contribution in [0, 0.1) is 5.82 Å². The van der Waals surface area contributed by atoms with Crippen LogP contribution in [0.2, 0.25) is 0 Å². The Morgan fingerprint density at radius 1 is 1.11 bits per heavy atom. The van der Waals surface area contributed by atoms with Gasteiger partial charge in [0, 0.05) is 17.0 Å². The fourth-order valence-corrected chi connectivity index (χ4v) is 3.99. The molecule has 144 valence electrons. The first-order chi connectivity index (χ1) is 13.7. The molecule has 1 amide bonds. The van der Waals surface area contributed by atoms with E-state index >= 15 is 0 Å². The Balaban J connectivity index is 1.28. The molecule has 3 aromatic rings. The number of hydrogen-bond acceptors (Lipinski definition) is 6. The molecule has 1 aliphatic rings. The molecule has 1 aliphatic carbocycles. The third-order valence-electron chi connectivity index (χ3n) is 4.64. The molecule has 1 aromatic carbocycles. The summed E-state index contributed by atoms with van der Waals surface area (Å²) in [6.07, 6.45) is 5.30. The first-order valence-electron chi connectivity index (χ1n) is 9.13. The van der Waals surface area contributed by atoms with Gasteiger partial charge in [0.1, 0.15) is 16.8 Å². The molecule has 2 heterocycles. The van der Waals surface area contributed by atoms with E-state index in [1.54, 1.807) is 5.38 Å². The van der Waals surface area contributed by atoms with Crippen LogP contribution in [-0.2, 0) is 0 Å². The van der Waals surface area contributed by atoms with Gasteiger partial charge < -0.3 is 10.1 Å². The molecule has 0 unspecified atom stereocenters. The SMILES string of the molecule is O=C(NC1CCC(Oc2ncc(F)cn2)CC1)c1csc(-c2ccccc2)n1. The molecule has 4 rings (SSSR count). The number of nitrogens with zero attached hydrogens (tertiary/aromatic N) is 3. The van der Waals surface area contributed by atoms with Crippen molar-refractivity contribution in [1.29, 1.82) is 0 Å². The van der Waals surface area contributed by atoms with Crippen LogP contribution in [0.3, 0.4) is 0 Å². The van der Waals surface area contributed by atoms with Crippen molar-refractivity contribution in [2.45, 2.75) is 37.8 Å². The molecule has 0 spiro atoms. The second-order valence-electron chi connectivity index (χ2n) is 6.65.